The molecular formula is C78H91Cl5F7N21O3. The van der Waals surface area contributed by atoms with E-state index >= 15 is 0 Å². The number of benzene rings is 3. The Kier molecular flexibility index (Phi) is 26.3. The molecule has 0 bridgehead atoms. The van der Waals surface area contributed by atoms with E-state index in [1.807, 2.05) is 20.8 Å². The number of β-amino-alcohol motifs (C(OH)–C–C–N with tert-alkyl or cyclic N) is 1. The minimum Gasteiger partial charge on any atom is -0.395 e. The molecule has 36 heteroatoms. The Morgan fingerprint density at radius 3 is 1.26 bits per heavy atom. The Morgan fingerprint density at radius 2 is 0.886 bits per heavy atom. The number of hydrogen-bond acceptors (Lipinski definition) is 19. The van der Waals surface area contributed by atoms with E-state index in [2.05, 4.69) is 86.3 Å². The number of fused-ring (bicyclic) bond motifs is 3. The first kappa shape index (κ1) is 83.9. The van der Waals surface area contributed by atoms with Gasteiger partial charge in [0.05, 0.1) is 43.3 Å². The van der Waals surface area contributed by atoms with Crippen LogP contribution in [0.5, 0.6) is 0 Å². The van der Waals surface area contributed by atoms with Gasteiger partial charge < -0.3 is 45.1 Å². The molecule has 24 nitrogen and oxygen atoms in total. The van der Waals surface area contributed by atoms with Crippen molar-refractivity contribution in [2.45, 2.75) is 111 Å². The molecule has 0 aliphatic carbocycles. The molecule has 6 aliphatic rings. The molecule has 6 unspecified atom stereocenters. The van der Waals surface area contributed by atoms with Gasteiger partial charge in [0.15, 0.2) is 34.0 Å². The lowest BCUT2D eigenvalue weighted by Crippen LogP contribution is -2.54. The Hall–Kier alpha value is -8.06. The molecule has 3 N–H and O–H groups in total. The zero-order valence-corrected chi connectivity index (χ0v) is 67.7. The highest BCUT2D eigenvalue weighted by Gasteiger charge is 2.44. The Morgan fingerprint density at radius 1 is 0.518 bits per heavy atom. The normalized spacial score (nSPS) is 19.9. The molecule has 6 aliphatic heterocycles. The predicted octanol–water partition coefficient (Wildman–Crippen LogP) is 14.0. The highest BCUT2D eigenvalue weighted by molar-refractivity contribution is 6.35. The van der Waals surface area contributed by atoms with Gasteiger partial charge in [-0.2, -0.15) is 46.9 Å². The summed E-state index contributed by atoms with van der Waals surface area (Å²) < 4.78 is 102. The zero-order chi connectivity index (χ0) is 81.2. The number of likely N-dealkylation sites (tertiary alicyclic amines) is 3. The maximum absolute atomic E-state index is 14.6. The SMILES string of the molecule is CC(=O)NCCN1CCCC(C2CN(c3cnc4c(C(F)(F)F)nn(C(C)c5ccc(Cl)cc5Cl)c4n3)C2)C1.CC(C)C(=O)NCCN1CCCC(C2CN(c3cnc4c(C(F)(F)F)nn(C(C)c5ccc(Cl)cc5Cl)c4n3)C2)C1.CC(c1ccc(Cl)cc1F)n1nc(C#N)c2ncc(N3CC(C4CCCN(CCO)C4)C3)nc21. The highest BCUT2D eigenvalue weighted by atomic mass is 35.5. The van der Waals surface area contributed by atoms with Gasteiger partial charge in [-0.15, -0.1) is 0 Å². The van der Waals surface area contributed by atoms with Crippen LogP contribution in [0.25, 0.3) is 33.5 Å². The minimum atomic E-state index is -4.69. The van der Waals surface area contributed by atoms with Crippen molar-refractivity contribution < 1.29 is 45.4 Å². The van der Waals surface area contributed by atoms with Gasteiger partial charge in [-0.1, -0.05) is 90.1 Å². The summed E-state index contributed by atoms with van der Waals surface area (Å²) in [7, 11) is 0. The predicted molar refractivity (Wildman–Crippen MR) is 425 cm³/mol. The van der Waals surface area contributed by atoms with Gasteiger partial charge in [0.25, 0.3) is 0 Å². The van der Waals surface area contributed by atoms with Crippen LogP contribution in [0.3, 0.4) is 0 Å². The van der Waals surface area contributed by atoms with Crippen molar-refractivity contribution >= 4 is 121 Å². The van der Waals surface area contributed by atoms with Crippen molar-refractivity contribution in [3.63, 3.8) is 0 Å². The summed E-state index contributed by atoms with van der Waals surface area (Å²) in [6, 6.07) is 14.6. The summed E-state index contributed by atoms with van der Waals surface area (Å²) in [5, 5.41) is 38.7. The fourth-order valence-corrected chi connectivity index (χ4v) is 17.7. The number of nitrogens with zero attached hydrogens (tertiary/aromatic N) is 19. The van der Waals surface area contributed by atoms with E-state index < -0.39 is 47.7 Å². The number of nitriles is 1. The lowest BCUT2D eigenvalue weighted by atomic mass is 9.80. The van der Waals surface area contributed by atoms with Crippen LogP contribution in [0.4, 0.5) is 48.2 Å². The fraction of sp³-hybridized carbons (Fsp3) is 0.538. The van der Waals surface area contributed by atoms with Gasteiger partial charge >= 0.3 is 12.4 Å². The van der Waals surface area contributed by atoms with Crippen LogP contribution >= 0.6 is 58.0 Å². The van der Waals surface area contributed by atoms with E-state index in [0.29, 0.717) is 113 Å². The maximum atomic E-state index is 14.6. The van der Waals surface area contributed by atoms with Crippen molar-refractivity contribution in [1.29, 1.82) is 5.26 Å². The zero-order valence-electron chi connectivity index (χ0n) is 64.0. The number of aromatic nitrogens is 12. The molecule has 6 aromatic heterocycles. The topological polar surface area (TPSA) is 252 Å². The van der Waals surface area contributed by atoms with Crippen LogP contribution in [0, 0.1) is 58.6 Å². The molecule has 15 rings (SSSR count). The quantitative estimate of drug-likeness (QED) is 0.0565. The molecule has 610 valence electrons. The van der Waals surface area contributed by atoms with Crippen LogP contribution in [0.15, 0.2) is 73.2 Å². The standard InChI is InChI=1S/C28H34Cl2F3N7O.C26H30Cl2F3N7O.C24H27ClFN7O/c1-16(2)27(41)34-8-10-38-9-4-5-18(13-38)19-14-39(15-19)23-12-35-24-25(28(31,32)33)37-40(26(24)36-23)17(3)21-7-6-20(29)11-22(21)30;1-15(20-6-5-19(27)10-21(20)28)38-25-23(24(35-38)26(29,30)31)33-11-22(34-25)37-13-18(14-37)17-4-3-8-36(12-17)9-7-32-16(2)39;1-15(19-5-4-18(25)9-20(19)26)33-24-23(21(10-27)30-33)28-11-22(29-24)32-13-17(14-32)16-3-2-6-31(12-16)7-8-34/h6-7,11-12,16-19H,4-5,8-10,13-15H2,1-3H3,(H,34,41);5-6,10-11,15,17-18H,3-4,7-9,12-14H2,1-2H3,(H,32,39);4-5,9,11,15-17,34H,2-3,6-8,12-14H2,1H3. The first-order valence-electron chi connectivity index (χ1n) is 38.6. The molecule has 0 radical (unpaired) electrons. The van der Waals surface area contributed by atoms with Crippen LogP contribution in [-0.4, -0.2) is 209 Å². The summed E-state index contributed by atoms with van der Waals surface area (Å²) in [5.74, 6) is 4.57. The van der Waals surface area contributed by atoms with Crippen molar-refractivity contribution in [3.05, 3.63) is 138 Å². The Bertz CT molecular complexity index is 4970. The molecule has 2 amide bonds. The van der Waals surface area contributed by atoms with Crippen molar-refractivity contribution in [3.8, 4) is 6.07 Å². The summed E-state index contributed by atoms with van der Waals surface area (Å²) in [5.41, 5.74) is 0.0164. The first-order valence-corrected chi connectivity index (χ1v) is 40.5. The number of aliphatic hydroxyl groups is 1. The van der Waals surface area contributed by atoms with Gasteiger partial charge in [-0.25, -0.2) is 48.3 Å². The smallest absolute Gasteiger partial charge is 0.395 e. The van der Waals surface area contributed by atoms with Crippen LogP contribution in [0.1, 0.15) is 132 Å². The molecule has 0 spiro atoms. The molecule has 6 saturated heterocycles. The van der Waals surface area contributed by atoms with Gasteiger partial charge in [0.2, 0.25) is 11.8 Å². The Balaban J connectivity index is 0.000000150. The van der Waals surface area contributed by atoms with E-state index in [9.17, 15) is 50.7 Å². The highest BCUT2D eigenvalue weighted by Crippen LogP contribution is 2.43. The van der Waals surface area contributed by atoms with Crippen molar-refractivity contribution in [2.24, 2.45) is 41.4 Å². The summed E-state index contributed by atoms with van der Waals surface area (Å²) in [4.78, 5) is 63.4. The number of piperidine rings is 3. The van der Waals surface area contributed by atoms with E-state index in [0.717, 1.165) is 130 Å². The van der Waals surface area contributed by atoms with E-state index in [4.69, 9.17) is 63.0 Å². The summed E-state index contributed by atoms with van der Waals surface area (Å²) >= 11 is 30.7. The number of anilines is 3. The first-order chi connectivity index (χ1) is 54.4. The molecule has 6 atom stereocenters. The van der Waals surface area contributed by atoms with Crippen LogP contribution in [-0.2, 0) is 21.9 Å². The summed E-state index contributed by atoms with van der Waals surface area (Å²) in [6.07, 6.45) is 2.01. The summed E-state index contributed by atoms with van der Waals surface area (Å²) in [6.45, 7) is 25.4. The second kappa shape index (κ2) is 35.8. The third-order valence-electron chi connectivity index (χ3n) is 22.9. The number of rotatable bonds is 21. The molecule has 0 saturated carbocycles. The van der Waals surface area contributed by atoms with Crippen LogP contribution in [0.2, 0.25) is 25.1 Å². The van der Waals surface area contributed by atoms with Crippen molar-refractivity contribution in [2.75, 3.05) is 133 Å². The number of alkyl halides is 6. The lowest BCUT2D eigenvalue weighted by Gasteiger charge is -2.47. The van der Waals surface area contributed by atoms with Gasteiger partial charge in [0, 0.05) is 135 Å². The molecule has 9 aromatic rings. The van der Waals surface area contributed by atoms with Crippen LogP contribution < -0.4 is 25.3 Å². The number of nitrogens with one attached hydrogen (secondary N) is 2. The number of halogens is 12. The number of amides is 2. The van der Waals surface area contributed by atoms with E-state index in [-0.39, 0.29) is 52.4 Å². The number of aliphatic hydroxyl groups excluding tert-OH is 1. The van der Waals surface area contributed by atoms with Gasteiger partial charge in [0.1, 0.15) is 45.9 Å². The number of carbonyl (C=O) groups excluding carboxylic acids is 2. The molecule has 6 fully saturated rings. The number of carbonyl (C=O) groups is 2. The third kappa shape index (κ3) is 19.0. The fourth-order valence-electron chi connectivity index (χ4n) is 16.4. The molecular weight excluding hydrogens is 1590 g/mol. The third-order valence-corrected chi connectivity index (χ3v) is 24.3. The lowest BCUT2D eigenvalue weighted by molar-refractivity contribution is -0.141. The second-order valence-corrected chi connectivity index (χ2v) is 33.1. The van der Waals surface area contributed by atoms with Crippen molar-refractivity contribution in [1.82, 2.24) is 84.6 Å². The molecule has 3 aromatic carbocycles. The van der Waals surface area contributed by atoms with Gasteiger partial charge in [-0.05, 0) is 162 Å². The van der Waals surface area contributed by atoms with Gasteiger partial charge in [-0.3, -0.25) is 9.59 Å². The maximum Gasteiger partial charge on any atom is 0.437 e. The number of hydrogen-bond donors (Lipinski definition) is 3. The average molecular weight is 1680 g/mol. The molecule has 12 heterocycles. The molecule has 114 heavy (non-hydrogen) atoms. The second-order valence-electron chi connectivity index (χ2n) is 31.0. The average Bonchev–Trinajstić information content (AvgIpc) is 1.59. The van der Waals surface area contributed by atoms with E-state index in [1.54, 1.807) is 73.3 Å². The Labute approximate surface area is 680 Å². The minimum absolute atomic E-state index is 0.0226. The monoisotopic (exact) mass is 1680 g/mol. The largest absolute Gasteiger partial charge is 0.437 e. The van der Waals surface area contributed by atoms with E-state index in [1.165, 1.54) is 47.6 Å².